The van der Waals surface area contributed by atoms with Crippen molar-refractivity contribution in [1.82, 2.24) is 10.9 Å². The number of hydrogen-bond acceptors (Lipinski definition) is 9. The Labute approximate surface area is 247 Å². The van der Waals surface area contributed by atoms with Crippen LogP contribution in [0, 0.1) is 0 Å². The lowest BCUT2D eigenvalue weighted by molar-refractivity contribution is -0.130. The van der Waals surface area contributed by atoms with Crippen LogP contribution in [0.5, 0.6) is 11.5 Å². The third-order valence-corrected chi connectivity index (χ3v) is 7.17. The predicted molar refractivity (Wildman–Crippen MR) is 157 cm³/mol. The Balaban J connectivity index is 1.78. The first kappa shape index (κ1) is 30.5. The number of aliphatic hydroxyl groups excluding tert-OH is 3. The smallest absolute Gasteiger partial charge is 0.266 e. The van der Waals surface area contributed by atoms with E-state index in [4.69, 9.17) is 24.3 Å². The Morgan fingerprint density at radius 2 is 1.78 bits per heavy atom. The van der Waals surface area contributed by atoms with Gasteiger partial charge in [0.25, 0.3) is 5.91 Å². The van der Waals surface area contributed by atoms with Crippen molar-refractivity contribution in [1.29, 1.82) is 0 Å². The number of hydrazine groups is 1. The molecule has 10 nitrogen and oxygen atoms in total. The number of methoxy groups -OCH3 is 1. The van der Waals surface area contributed by atoms with Crippen molar-refractivity contribution < 1.29 is 34.3 Å². The second-order valence-corrected chi connectivity index (χ2v) is 10.4. The third-order valence-electron chi connectivity index (χ3n) is 6.64. The molecule has 3 aromatic rings. The lowest BCUT2D eigenvalue weighted by atomic mass is 9.82. The van der Waals surface area contributed by atoms with Gasteiger partial charge in [-0.25, -0.2) is 10.4 Å². The van der Waals surface area contributed by atoms with Gasteiger partial charge in [-0.3, -0.25) is 10.2 Å². The number of hydrogen-bond donors (Lipinski definition) is 5. The van der Waals surface area contributed by atoms with Crippen molar-refractivity contribution in [2.45, 2.75) is 30.5 Å². The molecular formula is C30H34BrN3O7. The SMILES string of the molecule is COc1cccc([C@@H]2OC(c3ccc(OCCCO)cc3)=N[C@]2(Cc2ccc(Br)cc2)C(=O)NNC(CO)CO)c1. The van der Waals surface area contributed by atoms with Crippen molar-refractivity contribution >= 4 is 27.7 Å². The van der Waals surface area contributed by atoms with Crippen LogP contribution >= 0.6 is 15.9 Å². The lowest BCUT2D eigenvalue weighted by Crippen LogP contribution is -2.57. The molecule has 1 aliphatic heterocycles. The lowest BCUT2D eigenvalue weighted by Gasteiger charge is -2.31. The summed E-state index contributed by atoms with van der Waals surface area (Å²) in [7, 11) is 1.57. The summed E-state index contributed by atoms with van der Waals surface area (Å²) < 4.78 is 18.5. The Hall–Kier alpha value is -3.48. The molecule has 218 valence electrons. The molecule has 1 aliphatic rings. The zero-order valence-electron chi connectivity index (χ0n) is 22.6. The predicted octanol–water partition coefficient (Wildman–Crippen LogP) is 2.69. The van der Waals surface area contributed by atoms with Crippen LogP contribution in [0.2, 0.25) is 0 Å². The minimum absolute atomic E-state index is 0.0448. The molecule has 3 aromatic carbocycles. The average Bonchev–Trinajstić information content (AvgIpc) is 3.39. The fraction of sp³-hybridized carbons (Fsp3) is 0.333. The fourth-order valence-electron chi connectivity index (χ4n) is 4.43. The van der Waals surface area contributed by atoms with E-state index in [0.717, 1.165) is 10.0 Å². The number of carbonyl (C=O) groups excluding carboxylic acids is 1. The molecule has 41 heavy (non-hydrogen) atoms. The topological polar surface area (TPSA) is 142 Å². The Morgan fingerprint density at radius 3 is 2.44 bits per heavy atom. The van der Waals surface area contributed by atoms with Crippen LogP contribution in [0.4, 0.5) is 0 Å². The van der Waals surface area contributed by atoms with Crippen molar-refractivity contribution in [3.05, 3.63) is 94.0 Å². The van der Waals surface area contributed by atoms with Gasteiger partial charge in [-0.15, -0.1) is 0 Å². The molecule has 0 bridgehead atoms. The van der Waals surface area contributed by atoms with Gasteiger partial charge in [0.05, 0.1) is 33.0 Å². The Kier molecular flexibility index (Phi) is 10.7. The van der Waals surface area contributed by atoms with Gasteiger partial charge in [-0.2, -0.15) is 0 Å². The van der Waals surface area contributed by atoms with E-state index >= 15 is 0 Å². The summed E-state index contributed by atoms with van der Waals surface area (Å²) in [4.78, 5) is 19.0. The van der Waals surface area contributed by atoms with Crippen molar-refractivity contribution in [2.75, 3.05) is 33.5 Å². The molecule has 2 atom stereocenters. The summed E-state index contributed by atoms with van der Waals surface area (Å²) in [6.07, 6.45) is -0.139. The Morgan fingerprint density at radius 1 is 1.05 bits per heavy atom. The average molecular weight is 629 g/mol. The minimum Gasteiger partial charge on any atom is -0.497 e. The van der Waals surface area contributed by atoms with Crippen LogP contribution in [-0.2, 0) is 16.0 Å². The summed E-state index contributed by atoms with van der Waals surface area (Å²) in [5.74, 6) is 1.000. The van der Waals surface area contributed by atoms with Gasteiger partial charge in [0.1, 0.15) is 11.5 Å². The minimum atomic E-state index is -1.48. The highest BCUT2D eigenvalue weighted by atomic mass is 79.9. The van der Waals surface area contributed by atoms with Gasteiger partial charge < -0.3 is 29.5 Å². The number of nitrogens with one attached hydrogen (secondary N) is 2. The van der Waals surface area contributed by atoms with Crippen LogP contribution in [0.25, 0.3) is 0 Å². The van der Waals surface area contributed by atoms with Gasteiger partial charge in [0, 0.05) is 29.5 Å². The molecule has 0 radical (unpaired) electrons. The zero-order valence-corrected chi connectivity index (χ0v) is 24.2. The number of aliphatic imine (C=N–C) groups is 1. The summed E-state index contributed by atoms with van der Waals surface area (Å²) >= 11 is 3.46. The van der Waals surface area contributed by atoms with E-state index < -0.39 is 23.6 Å². The highest BCUT2D eigenvalue weighted by Crippen LogP contribution is 2.43. The second-order valence-electron chi connectivity index (χ2n) is 9.53. The van der Waals surface area contributed by atoms with E-state index in [2.05, 4.69) is 26.8 Å². The van der Waals surface area contributed by atoms with E-state index in [0.29, 0.717) is 35.7 Å². The number of amides is 1. The molecule has 0 saturated heterocycles. The van der Waals surface area contributed by atoms with Crippen molar-refractivity contribution in [3.8, 4) is 11.5 Å². The Bertz CT molecular complexity index is 1320. The van der Waals surface area contributed by atoms with Crippen LogP contribution in [0.15, 0.2) is 82.3 Å². The summed E-state index contributed by atoms with van der Waals surface area (Å²) in [6, 6.07) is 21.3. The molecule has 0 unspecified atom stereocenters. The largest absolute Gasteiger partial charge is 0.497 e. The summed E-state index contributed by atoms with van der Waals surface area (Å²) in [6.45, 7) is -0.332. The summed E-state index contributed by atoms with van der Waals surface area (Å²) in [5, 5.41) is 28.1. The molecule has 4 rings (SSSR count). The zero-order chi connectivity index (χ0) is 29.2. The monoisotopic (exact) mass is 627 g/mol. The molecule has 0 aromatic heterocycles. The van der Waals surface area contributed by atoms with Gasteiger partial charge in [-0.05, 0) is 59.7 Å². The molecule has 0 aliphatic carbocycles. The number of benzene rings is 3. The van der Waals surface area contributed by atoms with Crippen LogP contribution in [-0.4, -0.2) is 72.2 Å². The highest BCUT2D eigenvalue weighted by Gasteiger charge is 2.53. The molecule has 0 spiro atoms. The van der Waals surface area contributed by atoms with Crippen LogP contribution in [0.3, 0.4) is 0 Å². The molecule has 0 saturated carbocycles. The molecule has 0 fully saturated rings. The number of halogens is 1. The highest BCUT2D eigenvalue weighted by molar-refractivity contribution is 9.10. The van der Waals surface area contributed by atoms with Crippen LogP contribution < -0.4 is 20.3 Å². The van der Waals surface area contributed by atoms with E-state index in [-0.39, 0.29) is 32.1 Å². The maximum atomic E-state index is 14.1. The van der Waals surface area contributed by atoms with Gasteiger partial charge in [-0.1, -0.05) is 40.2 Å². The maximum absolute atomic E-state index is 14.1. The number of nitrogens with zero attached hydrogens (tertiary/aromatic N) is 1. The van der Waals surface area contributed by atoms with Crippen LogP contribution in [0.1, 0.15) is 29.2 Å². The molecule has 1 amide bonds. The summed E-state index contributed by atoms with van der Waals surface area (Å²) in [5.41, 5.74) is 6.06. The molecule has 1 heterocycles. The first-order chi connectivity index (χ1) is 19.9. The second kappa shape index (κ2) is 14.4. The van der Waals surface area contributed by atoms with Gasteiger partial charge in [0.2, 0.25) is 5.90 Å². The van der Waals surface area contributed by atoms with Gasteiger partial charge >= 0.3 is 0 Å². The normalized spacial score (nSPS) is 18.1. The standard InChI is InChI=1S/C30H34BrN3O7/c1-39-26-5-2-4-22(16-26)27-30(17-20-6-10-23(31)11-7-20,29(38)34-33-24(18-36)19-37)32-28(41-27)21-8-12-25(13-9-21)40-15-3-14-35/h2,4-13,16,24,27,33,35-37H,3,14-15,17-19H2,1H3,(H,34,38)/t27-,30-/m0/s1. The van der Waals surface area contributed by atoms with E-state index in [1.807, 2.05) is 42.5 Å². The number of ether oxygens (including phenoxy) is 3. The van der Waals surface area contributed by atoms with Crippen molar-refractivity contribution in [2.24, 2.45) is 4.99 Å². The molecule has 11 heteroatoms. The maximum Gasteiger partial charge on any atom is 0.266 e. The van der Waals surface area contributed by atoms with Gasteiger partial charge in [0.15, 0.2) is 11.6 Å². The van der Waals surface area contributed by atoms with E-state index in [1.165, 1.54) is 0 Å². The first-order valence-electron chi connectivity index (χ1n) is 13.2. The first-order valence-corrected chi connectivity index (χ1v) is 14.0. The molecular weight excluding hydrogens is 594 g/mol. The number of carbonyl (C=O) groups is 1. The number of aliphatic hydroxyl groups is 3. The third kappa shape index (κ3) is 7.43. The van der Waals surface area contributed by atoms with Crippen molar-refractivity contribution in [3.63, 3.8) is 0 Å². The van der Waals surface area contributed by atoms with E-state index in [9.17, 15) is 15.0 Å². The van der Waals surface area contributed by atoms with E-state index in [1.54, 1.807) is 37.4 Å². The molecule has 5 N–H and O–H groups in total. The number of rotatable bonds is 14. The fourth-order valence-corrected chi connectivity index (χ4v) is 4.69. The quantitative estimate of drug-likeness (QED) is 0.136.